The molecule has 7 heteroatoms. The third-order valence-electron chi connectivity index (χ3n) is 4.31. The van der Waals surface area contributed by atoms with Gasteiger partial charge in [0.2, 0.25) is 6.10 Å². The summed E-state index contributed by atoms with van der Waals surface area (Å²) in [6.07, 6.45) is 0.206. The van der Waals surface area contributed by atoms with Crippen LogP contribution >= 0.6 is 0 Å². The number of furan rings is 1. The minimum Gasteiger partial charge on any atom is -0.464 e. The summed E-state index contributed by atoms with van der Waals surface area (Å²) in [4.78, 5) is 36.8. The SMILES string of the molecule is CCNC(=O)NC(=O)[C@@H](OC(=O)Cc1coc2cc(C)ccc12)c1ccccc1. The van der Waals surface area contributed by atoms with Crippen molar-refractivity contribution in [3.63, 3.8) is 0 Å². The second kappa shape index (κ2) is 9.05. The van der Waals surface area contributed by atoms with Gasteiger partial charge in [-0.2, -0.15) is 0 Å². The van der Waals surface area contributed by atoms with Gasteiger partial charge in [-0.15, -0.1) is 0 Å². The van der Waals surface area contributed by atoms with Crippen molar-refractivity contribution in [1.29, 1.82) is 0 Å². The van der Waals surface area contributed by atoms with Crippen molar-refractivity contribution in [2.75, 3.05) is 6.54 Å². The van der Waals surface area contributed by atoms with Crippen molar-refractivity contribution < 1.29 is 23.5 Å². The molecule has 0 aliphatic carbocycles. The van der Waals surface area contributed by atoms with Gasteiger partial charge < -0.3 is 14.5 Å². The lowest BCUT2D eigenvalue weighted by Gasteiger charge is -2.17. The van der Waals surface area contributed by atoms with Crippen molar-refractivity contribution in [2.24, 2.45) is 0 Å². The van der Waals surface area contributed by atoms with E-state index in [1.165, 1.54) is 6.26 Å². The van der Waals surface area contributed by atoms with Gasteiger partial charge in [-0.1, -0.05) is 42.5 Å². The Bertz CT molecular complexity index is 1030. The van der Waals surface area contributed by atoms with Gasteiger partial charge in [-0.25, -0.2) is 4.79 Å². The van der Waals surface area contributed by atoms with Gasteiger partial charge in [0, 0.05) is 23.1 Å². The molecule has 7 nitrogen and oxygen atoms in total. The number of ether oxygens (including phenoxy) is 1. The maximum Gasteiger partial charge on any atom is 0.321 e. The predicted molar refractivity (Wildman–Crippen MR) is 107 cm³/mol. The molecule has 0 spiro atoms. The van der Waals surface area contributed by atoms with Crippen LogP contribution in [0.5, 0.6) is 0 Å². The molecule has 0 saturated heterocycles. The Hall–Kier alpha value is -3.61. The van der Waals surface area contributed by atoms with Crippen LogP contribution in [-0.4, -0.2) is 24.5 Å². The van der Waals surface area contributed by atoms with Gasteiger partial charge in [0.15, 0.2) is 0 Å². The average Bonchev–Trinajstić information content (AvgIpc) is 3.08. The van der Waals surface area contributed by atoms with Crippen molar-refractivity contribution in [2.45, 2.75) is 26.4 Å². The summed E-state index contributed by atoms with van der Waals surface area (Å²) in [5, 5.41) is 5.48. The van der Waals surface area contributed by atoms with E-state index in [2.05, 4.69) is 10.6 Å². The normalized spacial score (nSPS) is 11.7. The number of imide groups is 1. The third kappa shape index (κ3) is 5.01. The first-order valence-electron chi connectivity index (χ1n) is 9.27. The molecule has 0 bridgehead atoms. The van der Waals surface area contributed by atoms with E-state index >= 15 is 0 Å². The number of aryl methyl sites for hydroxylation is 1. The molecular weight excluding hydrogens is 372 g/mol. The summed E-state index contributed by atoms with van der Waals surface area (Å²) in [5.41, 5.74) is 2.87. The van der Waals surface area contributed by atoms with E-state index in [1.807, 2.05) is 25.1 Å². The lowest BCUT2D eigenvalue weighted by atomic mass is 10.1. The molecule has 1 aromatic heterocycles. The maximum absolute atomic E-state index is 12.6. The number of carbonyl (C=O) groups is 3. The Kier molecular flexibility index (Phi) is 6.29. The van der Waals surface area contributed by atoms with E-state index in [1.54, 1.807) is 37.3 Å². The van der Waals surface area contributed by atoms with Crippen LogP contribution in [0, 0.1) is 6.92 Å². The molecule has 0 radical (unpaired) electrons. The van der Waals surface area contributed by atoms with Crippen LogP contribution in [0.25, 0.3) is 11.0 Å². The number of hydrogen-bond acceptors (Lipinski definition) is 5. The Morgan fingerprint density at radius 2 is 1.86 bits per heavy atom. The summed E-state index contributed by atoms with van der Waals surface area (Å²) in [6, 6.07) is 13.6. The lowest BCUT2D eigenvalue weighted by Crippen LogP contribution is -2.42. The summed E-state index contributed by atoms with van der Waals surface area (Å²) >= 11 is 0. The minimum atomic E-state index is -1.24. The fraction of sp³-hybridized carbons (Fsp3) is 0.227. The highest BCUT2D eigenvalue weighted by molar-refractivity contribution is 5.98. The number of carbonyl (C=O) groups excluding carboxylic acids is 3. The van der Waals surface area contributed by atoms with Gasteiger partial charge in [-0.05, 0) is 25.5 Å². The van der Waals surface area contributed by atoms with E-state index in [-0.39, 0.29) is 6.42 Å². The Morgan fingerprint density at radius 1 is 1.10 bits per heavy atom. The Labute approximate surface area is 168 Å². The Balaban J connectivity index is 1.76. The van der Waals surface area contributed by atoms with Gasteiger partial charge in [0.1, 0.15) is 5.58 Å². The monoisotopic (exact) mass is 394 g/mol. The quantitative estimate of drug-likeness (QED) is 0.625. The van der Waals surface area contributed by atoms with Gasteiger partial charge in [-0.3, -0.25) is 14.9 Å². The number of benzene rings is 2. The number of urea groups is 1. The molecule has 0 aliphatic rings. The zero-order valence-electron chi connectivity index (χ0n) is 16.2. The molecule has 0 fully saturated rings. The summed E-state index contributed by atoms with van der Waals surface area (Å²) in [5.74, 6) is -1.32. The fourth-order valence-corrected chi connectivity index (χ4v) is 2.94. The second-order valence-electron chi connectivity index (χ2n) is 6.57. The predicted octanol–water partition coefficient (Wildman–Crippen LogP) is 3.41. The molecule has 3 aromatic rings. The van der Waals surface area contributed by atoms with Gasteiger partial charge in [0.25, 0.3) is 5.91 Å². The molecular formula is C22H22N2O5. The molecule has 150 valence electrons. The third-order valence-corrected chi connectivity index (χ3v) is 4.31. The molecule has 0 aliphatic heterocycles. The first-order valence-corrected chi connectivity index (χ1v) is 9.27. The molecule has 3 amide bonds. The van der Waals surface area contributed by atoms with Crippen LogP contribution in [0.3, 0.4) is 0 Å². The second-order valence-corrected chi connectivity index (χ2v) is 6.57. The van der Waals surface area contributed by atoms with Crippen LogP contribution in [0.15, 0.2) is 59.2 Å². The van der Waals surface area contributed by atoms with Crippen molar-refractivity contribution in [1.82, 2.24) is 10.6 Å². The molecule has 3 rings (SSSR count). The molecule has 0 unspecified atom stereocenters. The van der Waals surface area contributed by atoms with Crippen molar-refractivity contribution >= 4 is 28.9 Å². The number of hydrogen-bond donors (Lipinski definition) is 2. The van der Waals surface area contributed by atoms with Crippen LogP contribution in [0.1, 0.15) is 29.7 Å². The minimum absolute atomic E-state index is 0.0617. The van der Waals surface area contributed by atoms with E-state index in [0.29, 0.717) is 23.3 Å². The summed E-state index contributed by atoms with van der Waals surface area (Å²) in [6.45, 7) is 4.05. The highest BCUT2D eigenvalue weighted by Gasteiger charge is 2.27. The first kappa shape index (κ1) is 20.1. The maximum atomic E-state index is 12.6. The highest BCUT2D eigenvalue weighted by atomic mass is 16.5. The van der Waals surface area contributed by atoms with Crippen LogP contribution in [0.4, 0.5) is 4.79 Å². The zero-order chi connectivity index (χ0) is 20.8. The lowest BCUT2D eigenvalue weighted by molar-refractivity contribution is -0.155. The van der Waals surface area contributed by atoms with E-state index in [4.69, 9.17) is 9.15 Å². The van der Waals surface area contributed by atoms with Crippen LogP contribution < -0.4 is 10.6 Å². The van der Waals surface area contributed by atoms with Crippen molar-refractivity contribution in [3.05, 3.63) is 71.5 Å². The van der Waals surface area contributed by atoms with E-state index in [0.717, 1.165) is 10.9 Å². The molecule has 29 heavy (non-hydrogen) atoms. The number of rotatable bonds is 6. The highest BCUT2D eigenvalue weighted by Crippen LogP contribution is 2.24. The largest absolute Gasteiger partial charge is 0.464 e. The van der Waals surface area contributed by atoms with Crippen molar-refractivity contribution in [3.8, 4) is 0 Å². The van der Waals surface area contributed by atoms with Gasteiger partial charge >= 0.3 is 12.0 Å². The van der Waals surface area contributed by atoms with Gasteiger partial charge in [0.05, 0.1) is 12.7 Å². The number of nitrogens with one attached hydrogen (secondary N) is 2. The van der Waals surface area contributed by atoms with E-state index < -0.39 is 24.0 Å². The average molecular weight is 394 g/mol. The number of amides is 3. The zero-order valence-corrected chi connectivity index (χ0v) is 16.2. The molecule has 2 aromatic carbocycles. The first-order chi connectivity index (χ1) is 14.0. The van der Waals surface area contributed by atoms with Crippen LogP contribution in [0.2, 0.25) is 0 Å². The van der Waals surface area contributed by atoms with E-state index in [9.17, 15) is 14.4 Å². The molecule has 2 N–H and O–H groups in total. The molecule has 1 atom stereocenters. The number of esters is 1. The molecule has 1 heterocycles. The fourth-order valence-electron chi connectivity index (χ4n) is 2.94. The number of fused-ring (bicyclic) bond motifs is 1. The molecule has 0 saturated carbocycles. The summed E-state index contributed by atoms with van der Waals surface area (Å²) in [7, 11) is 0. The Morgan fingerprint density at radius 3 is 2.59 bits per heavy atom. The summed E-state index contributed by atoms with van der Waals surface area (Å²) < 4.78 is 11.0. The standard InChI is InChI=1S/C22H22N2O5/c1-3-23-22(27)24-21(26)20(15-7-5-4-6-8-15)29-19(25)12-16-13-28-18-11-14(2)9-10-17(16)18/h4-11,13,20H,3,12H2,1-2H3,(H2,23,24,26,27)/t20-/m0/s1. The topological polar surface area (TPSA) is 97.6 Å². The smallest absolute Gasteiger partial charge is 0.321 e. The van der Waals surface area contributed by atoms with Crippen LogP contribution in [-0.2, 0) is 20.7 Å².